The van der Waals surface area contributed by atoms with Crippen molar-refractivity contribution in [3.05, 3.63) is 113 Å². The third-order valence-corrected chi connectivity index (χ3v) is 9.28. The lowest BCUT2D eigenvalue weighted by Gasteiger charge is -2.20. The second-order valence-corrected chi connectivity index (χ2v) is 12.7. The van der Waals surface area contributed by atoms with Gasteiger partial charge in [-0.05, 0) is 91.0 Å². The first-order valence-corrected chi connectivity index (χ1v) is 14.9. The van der Waals surface area contributed by atoms with Gasteiger partial charge in [0.25, 0.3) is 26.0 Å². The monoisotopic (exact) mass is 623 g/mol. The Morgan fingerprint density at radius 2 is 1.37 bits per heavy atom. The van der Waals surface area contributed by atoms with Crippen LogP contribution in [0.25, 0.3) is 0 Å². The zero-order valence-corrected chi connectivity index (χ0v) is 23.4. The largest absolute Gasteiger partial charge is 0.416 e. The fourth-order valence-corrected chi connectivity index (χ4v) is 5.99. The molecule has 214 valence electrons. The van der Waals surface area contributed by atoms with Crippen molar-refractivity contribution in [2.45, 2.75) is 16.0 Å². The van der Waals surface area contributed by atoms with E-state index >= 15 is 0 Å². The third-order valence-electron chi connectivity index (χ3n) is 5.83. The summed E-state index contributed by atoms with van der Waals surface area (Å²) in [6.07, 6.45) is -4.63. The van der Waals surface area contributed by atoms with Crippen molar-refractivity contribution in [3.63, 3.8) is 0 Å². The van der Waals surface area contributed by atoms with Crippen LogP contribution in [0.15, 0.2) is 107 Å². The molecule has 2 N–H and O–H groups in total. The van der Waals surface area contributed by atoms with Gasteiger partial charge in [-0.25, -0.2) is 16.8 Å². The van der Waals surface area contributed by atoms with Crippen LogP contribution in [0.1, 0.15) is 15.9 Å². The Morgan fingerprint density at radius 3 is 1.95 bits per heavy atom. The van der Waals surface area contributed by atoms with E-state index in [-0.39, 0.29) is 26.7 Å². The maximum atomic E-state index is 12.9. The first-order valence-electron chi connectivity index (χ1n) is 11.6. The number of nitrogens with zero attached hydrogens (tertiary/aromatic N) is 1. The van der Waals surface area contributed by atoms with Gasteiger partial charge in [-0.2, -0.15) is 13.2 Å². The number of anilines is 3. The van der Waals surface area contributed by atoms with Crippen LogP contribution >= 0.6 is 11.6 Å². The van der Waals surface area contributed by atoms with Crippen LogP contribution in [0, 0.1) is 0 Å². The Labute approximate surface area is 239 Å². The van der Waals surface area contributed by atoms with Crippen LogP contribution in [0.4, 0.5) is 30.2 Å². The average Bonchev–Trinajstić information content (AvgIpc) is 2.92. The smallest absolute Gasteiger partial charge is 0.322 e. The predicted octanol–water partition coefficient (Wildman–Crippen LogP) is 6.24. The molecule has 0 fully saturated rings. The number of nitrogens with one attached hydrogen (secondary N) is 2. The molecule has 0 aliphatic carbocycles. The Balaban J connectivity index is 1.42. The van der Waals surface area contributed by atoms with E-state index in [1.165, 1.54) is 85.9 Å². The molecule has 8 nitrogen and oxygen atoms in total. The molecule has 0 saturated carbocycles. The predicted molar refractivity (Wildman–Crippen MR) is 150 cm³/mol. The maximum Gasteiger partial charge on any atom is 0.416 e. The van der Waals surface area contributed by atoms with Crippen molar-refractivity contribution < 1.29 is 34.8 Å². The first-order chi connectivity index (χ1) is 19.2. The number of carbonyl (C=O) groups is 1. The molecule has 41 heavy (non-hydrogen) atoms. The lowest BCUT2D eigenvalue weighted by molar-refractivity contribution is -0.137. The van der Waals surface area contributed by atoms with E-state index in [1.807, 2.05) is 0 Å². The molecule has 1 amide bonds. The highest BCUT2D eigenvalue weighted by Crippen LogP contribution is 2.31. The molecule has 4 aromatic carbocycles. The van der Waals surface area contributed by atoms with Crippen LogP contribution in [-0.4, -0.2) is 29.8 Å². The van der Waals surface area contributed by atoms with Gasteiger partial charge in [-0.3, -0.25) is 13.8 Å². The number of sulfonamides is 2. The number of carbonyl (C=O) groups excluding carboxylic acids is 1. The summed E-state index contributed by atoms with van der Waals surface area (Å²) in [7, 11) is -6.70. The lowest BCUT2D eigenvalue weighted by atomic mass is 10.2. The summed E-state index contributed by atoms with van der Waals surface area (Å²) in [6.45, 7) is 0. The second kappa shape index (κ2) is 11.4. The minimum absolute atomic E-state index is 0.0432. The van der Waals surface area contributed by atoms with Crippen LogP contribution in [0.5, 0.6) is 0 Å². The molecule has 14 heteroatoms. The molecule has 0 heterocycles. The Kier molecular flexibility index (Phi) is 8.34. The van der Waals surface area contributed by atoms with E-state index in [0.717, 1.165) is 16.4 Å². The SMILES string of the molecule is CN(c1ccc(C(=O)Nc2ccc(S(=O)(=O)Nc3cccc(C(F)(F)F)c3)cc2)cc1)S(=O)(=O)c1ccc(Cl)cc1. The van der Waals surface area contributed by atoms with Crippen molar-refractivity contribution in [1.29, 1.82) is 0 Å². The van der Waals surface area contributed by atoms with Crippen molar-refractivity contribution in [2.24, 2.45) is 0 Å². The maximum absolute atomic E-state index is 12.9. The molecule has 4 aromatic rings. The zero-order chi connectivity index (χ0) is 30.0. The van der Waals surface area contributed by atoms with Gasteiger partial charge in [0.15, 0.2) is 0 Å². The summed E-state index contributed by atoms with van der Waals surface area (Å²) in [5.74, 6) is -0.544. The number of amides is 1. The second-order valence-electron chi connectivity index (χ2n) is 8.64. The fourth-order valence-electron chi connectivity index (χ4n) is 3.62. The van der Waals surface area contributed by atoms with E-state index < -0.39 is 37.7 Å². The molecule has 0 aliphatic heterocycles. The highest BCUT2D eigenvalue weighted by Gasteiger charge is 2.30. The summed E-state index contributed by atoms with van der Waals surface area (Å²) < 4.78 is 93.0. The van der Waals surface area contributed by atoms with Crippen LogP contribution in [-0.2, 0) is 26.2 Å². The number of halogens is 4. The van der Waals surface area contributed by atoms with Crippen molar-refractivity contribution >= 4 is 54.6 Å². The van der Waals surface area contributed by atoms with Crippen LogP contribution < -0.4 is 14.3 Å². The standard InChI is InChI=1S/C27H21ClF3N3O5S2/c1-34(41(38,39)25-13-7-20(28)8-14-25)23-11-5-18(6-12-23)26(35)32-21-9-15-24(16-10-21)40(36,37)33-22-4-2-3-19(17-22)27(29,30)31/h2-17,33H,1H3,(H,32,35). The zero-order valence-electron chi connectivity index (χ0n) is 21.1. The van der Waals surface area contributed by atoms with Crippen LogP contribution in [0.3, 0.4) is 0 Å². The molecular formula is C27H21ClF3N3O5S2. The van der Waals surface area contributed by atoms with E-state index in [2.05, 4.69) is 10.0 Å². The van der Waals surface area contributed by atoms with E-state index in [0.29, 0.717) is 16.8 Å². The van der Waals surface area contributed by atoms with E-state index in [1.54, 1.807) is 0 Å². The quantitative estimate of drug-likeness (QED) is 0.241. The van der Waals surface area contributed by atoms with Gasteiger partial charge < -0.3 is 5.32 Å². The summed E-state index contributed by atoms with van der Waals surface area (Å²) in [6, 6.07) is 20.3. The molecule has 0 spiro atoms. The van der Waals surface area contributed by atoms with Gasteiger partial charge in [0.2, 0.25) is 0 Å². The Hall–Kier alpha value is -4.07. The lowest BCUT2D eigenvalue weighted by Crippen LogP contribution is -2.26. The number of hydrogen-bond donors (Lipinski definition) is 2. The van der Waals surface area contributed by atoms with Gasteiger partial charge in [0.05, 0.1) is 21.0 Å². The minimum Gasteiger partial charge on any atom is -0.322 e. The molecule has 0 radical (unpaired) electrons. The van der Waals surface area contributed by atoms with E-state index in [9.17, 15) is 34.8 Å². The Bertz CT molecular complexity index is 1780. The minimum atomic E-state index is -4.63. The van der Waals surface area contributed by atoms with Gasteiger partial charge >= 0.3 is 6.18 Å². The first kappa shape index (κ1) is 29.9. The van der Waals surface area contributed by atoms with Crippen molar-refractivity contribution in [1.82, 2.24) is 0 Å². The van der Waals surface area contributed by atoms with Gasteiger partial charge in [-0.15, -0.1) is 0 Å². The number of hydrogen-bond acceptors (Lipinski definition) is 5. The molecular weight excluding hydrogens is 603 g/mol. The third kappa shape index (κ3) is 6.99. The highest BCUT2D eigenvalue weighted by molar-refractivity contribution is 7.93. The van der Waals surface area contributed by atoms with Gasteiger partial charge in [0.1, 0.15) is 0 Å². The van der Waals surface area contributed by atoms with Gasteiger partial charge in [0, 0.05) is 29.0 Å². The average molecular weight is 624 g/mol. The fraction of sp³-hybridized carbons (Fsp3) is 0.0741. The topological polar surface area (TPSA) is 113 Å². The molecule has 0 atom stereocenters. The molecule has 0 saturated heterocycles. The van der Waals surface area contributed by atoms with E-state index in [4.69, 9.17) is 11.6 Å². The molecule has 0 aliphatic rings. The molecule has 0 aromatic heterocycles. The van der Waals surface area contributed by atoms with Crippen molar-refractivity contribution in [3.8, 4) is 0 Å². The summed E-state index contributed by atoms with van der Waals surface area (Å²) in [5.41, 5.74) is -0.501. The number of benzene rings is 4. The number of rotatable bonds is 8. The summed E-state index contributed by atoms with van der Waals surface area (Å²) in [4.78, 5) is 12.5. The molecule has 0 unspecified atom stereocenters. The summed E-state index contributed by atoms with van der Waals surface area (Å²) in [5, 5.41) is 2.99. The summed E-state index contributed by atoms with van der Waals surface area (Å²) >= 11 is 5.83. The van der Waals surface area contributed by atoms with Crippen LogP contribution in [0.2, 0.25) is 5.02 Å². The molecule has 4 rings (SSSR count). The Morgan fingerprint density at radius 1 is 0.780 bits per heavy atom. The number of alkyl halides is 3. The normalized spacial score (nSPS) is 12.0. The van der Waals surface area contributed by atoms with Gasteiger partial charge in [-0.1, -0.05) is 17.7 Å². The highest BCUT2D eigenvalue weighted by atomic mass is 35.5. The van der Waals surface area contributed by atoms with Crippen molar-refractivity contribution in [2.75, 3.05) is 21.4 Å². The molecule has 0 bridgehead atoms.